The molecule has 0 saturated heterocycles. The van der Waals surface area contributed by atoms with Gasteiger partial charge in [-0.1, -0.05) is 63.6 Å². The van der Waals surface area contributed by atoms with Crippen molar-refractivity contribution in [2.45, 2.75) is 65.0 Å². The highest BCUT2D eigenvalue weighted by Crippen LogP contribution is 2.18. The Morgan fingerprint density at radius 3 is 2.50 bits per heavy atom. The number of carbonyl (C=O) groups excluding carboxylic acids is 1. The average Bonchev–Trinajstić information content (AvgIpc) is 3.09. The normalized spacial score (nSPS) is 11.0. The lowest BCUT2D eigenvalue weighted by Gasteiger charge is -2.10. The summed E-state index contributed by atoms with van der Waals surface area (Å²) < 4.78 is 2.25. The third-order valence-electron chi connectivity index (χ3n) is 5.02. The molecule has 0 spiro atoms. The van der Waals surface area contributed by atoms with Crippen molar-refractivity contribution in [2.75, 3.05) is 0 Å². The zero-order valence-electron chi connectivity index (χ0n) is 16.7. The maximum absolute atomic E-state index is 12.3. The van der Waals surface area contributed by atoms with Gasteiger partial charge in [-0.25, -0.2) is 4.98 Å². The second-order valence-electron chi connectivity index (χ2n) is 7.19. The molecule has 5 heteroatoms. The highest BCUT2D eigenvalue weighted by molar-refractivity contribution is 5.92. The van der Waals surface area contributed by atoms with Gasteiger partial charge in [-0.15, -0.1) is 0 Å². The van der Waals surface area contributed by atoms with Gasteiger partial charge in [0.05, 0.1) is 17.6 Å². The van der Waals surface area contributed by atoms with Crippen molar-refractivity contribution in [1.82, 2.24) is 19.9 Å². The number of nitrogens with one attached hydrogen (secondary N) is 1. The molecule has 5 nitrogen and oxygen atoms in total. The second kappa shape index (κ2) is 10.6. The molecule has 0 atom stereocenters. The number of para-hydroxylation sites is 2. The zero-order chi connectivity index (χ0) is 19.6. The first-order valence-corrected chi connectivity index (χ1v) is 10.4. The van der Waals surface area contributed by atoms with Gasteiger partial charge in [0.1, 0.15) is 11.5 Å². The third-order valence-corrected chi connectivity index (χ3v) is 5.02. The lowest BCUT2D eigenvalue weighted by atomic mass is 10.1. The van der Waals surface area contributed by atoms with E-state index >= 15 is 0 Å². The predicted octanol–water partition coefficient (Wildman–Crippen LogP) is 5.11. The summed E-state index contributed by atoms with van der Waals surface area (Å²) >= 11 is 0. The molecule has 148 valence electrons. The number of amides is 1. The minimum atomic E-state index is -0.171. The van der Waals surface area contributed by atoms with E-state index in [9.17, 15) is 4.79 Å². The van der Waals surface area contributed by atoms with Crippen molar-refractivity contribution < 1.29 is 4.79 Å². The Kier molecular flexibility index (Phi) is 7.59. The predicted molar refractivity (Wildman–Crippen MR) is 113 cm³/mol. The molecule has 0 aliphatic rings. The fraction of sp³-hybridized carbons (Fsp3) is 0.435. The lowest BCUT2D eigenvalue weighted by molar-refractivity contribution is 0.0944. The summed E-state index contributed by atoms with van der Waals surface area (Å²) in [4.78, 5) is 21.2. The number of nitrogens with zero attached hydrogens (tertiary/aromatic N) is 3. The van der Waals surface area contributed by atoms with E-state index in [-0.39, 0.29) is 5.91 Å². The van der Waals surface area contributed by atoms with E-state index in [1.54, 1.807) is 18.3 Å². The molecule has 0 saturated carbocycles. The quantitative estimate of drug-likeness (QED) is 0.472. The number of aromatic nitrogens is 3. The monoisotopic (exact) mass is 378 g/mol. The number of unbranched alkanes of at least 4 members (excludes halogenated alkanes) is 6. The number of hydrogen-bond acceptors (Lipinski definition) is 3. The molecule has 1 amide bonds. The number of fused-ring (bicyclic) bond motifs is 1. The van der Waals surface area contributed by atoms with Gasteiger partial charge in [0.25, 0.3) is 5.91 Å². The molecule has 28 heavy (non-hydrogen) atoms. The van der Waals surface area contributed by atoms with Crippen LogP contribution in [0.1, 0.15) is 68.2 Å². The van der Waals surface area contributed by atoms with E-state index in [1.807, 2.05) is 24.3 Å². The van der Waals surface area contributed by atoms with Gasteiger partial charge >= 0.3 is 0 Å². The van der Waals surface area contributed by atoms with Crippen LogP contribution in [-0.4, -0.2) is 20.4 Å². The van der Waals surface area contributed by atoms with Gasteiger partial charge in [0.15, 0.2) is 0 Å². The van der Waals surface area contributed by atoms with E-state index in [0.717, 1.165) is 29.8 Å². The van der Waals surface area contributed by atoms with Gasteiger partial charge in [-0.05, 0) is 30.7 Å². The van der Waals surface area contributed by atoms with Crippen molar-refractivity contribution in [3.05, 3.63) is 60.2 Å². The molecule has 0 aliphatic carbocycles. The first-order valence-electron chi connectivity index (χ1n) is 10.4. The van der Waals surface area contributed by atoms with Crippen LogP contribution in [0.5, 0.6) is 0 Å². The molecule has 0 unspecified atom stereocenters. The van der Waals surface area contributed by atoms with Crippen LogP contribution in [0.15, 0.2) is 48.7 Å². The van der Waals surface area contributed by atoms with E-state index in [4.69, 9.17) is 4.98 Å². The number of rotatable bonds is 11. The Bertz CT molecular complexity index is 873. The molecule has 0 aliphatic heterocycles. The molecule has 0 fully saturated rings. The second-order valence-corrected chi connectivity index (χ2v) is 7.19. The highest BCUT2D eigenvalue weighted by Gasteiger charge is 2.12. The number of hydrogen-bond donors (Lipinski definition) is 1. The third kappa shape index (κ3) is 5.41. The van der Waals surface area contributed by atoms with Crippen LogP contribution in [0.25, 0.3) is 11.0 Å². The van der Waals surface area contributed by atoms with Crippen LogP contribution in [-0.2, 0) is 13.1 Å². The fourth-order valence-electron chi connectivity index (χ4n) is 3.48. The first-order chi connectivity index (χ1) is 13.8. The Morgan fingerprint density at radius 2 is 1.71 bits per heavy atom. The van der Waals surface area contributed by atoms with Gasteiger partial charge < -0.3 is 9.88 Å². The van der Waals surface area contributed by atoms with Crippen LogP contribution < -0.4 is 5.32 Å². The van der Waals surface area contributed by atoms with Crippen molar-refractivity contribution in [1.29, 1.82) is 0 Å². The number of imidazole rings is 1. The summed E-state index contributed by atoms with van der Waals surface area (Å²) in [5.41, 5.74) is 2.54. The fourth-order valence-corrected chi connectivity index (χ4v) is 3.48. The maximum Gasteiger partial charge on any atom is 0.270 e. The smallest absolute Gasteiger partial charge is 0.270 e. The van der Waals surface area contributed by atoms with Gasteiger partial charge in [0.2, 0.25) is 0 Å². The average molecular weight is 379 g/mol. The number of benzene rings is 1. The van der Waals surface area contributed by atoms with E-state index in [0.29, 0.717) is 12.2 Å². The molecule has 3 rings (SSSR count). The molecule has 0 bridgehead atoms. The Labute approximate surface area is 167 Å². The Morgan fingerprint density at radius 1 is 0.964 bits per heavy atom. The summed E-state index contributed by atoms with van der Waals surface area (Å²) in [5.74, 6) is 0.728. The van der Waals surface area contributed by atoms with Crippen LogP contribution >= 0.6 is 0 Å². The number of aryl methyl sites for hydroxylation is 1. The number of pyridine rings is 1. The summed E-state index contributed by atoms with van der Waals surface area (Å²) in [5, 5.41) is 2.96. The molecule has 2 heterocycles. The van der Waals surface area contributed by atoms with Gasteiger partial charge in [-0.3, -0.25) is 9.78 Å². The van der Waals surface area contributed by atoms with Crippen molar-refractivity contribution in [2.24, 2.45) is 0 Å². The lowest BCUT2D eigenvalue weighted by Crippen LogP contribution is -2.25. The van der Waals surface area contributed by atoms with Gasteiger partial charge in [-0.2, -0.15) is 0 Å². The van der Waals surface area contributed by atoms with Crippen molar-refractivity contribution in [3.63, 3.8) is 0 Å². The van der Waals surface area contributed by atoms with Crippen LogP contribution in [0, 0.1) is 0 Å². The van der Waals surface area contributed by atoms with Crippen molar-refractivity contribution >= 4 is 16.9 Å². The zero-order valence-corrected chi connectivity index (χ0v) is 16.7. The topological polar surface area (TPSA) is 59.8 Å². The standard InChI is InChI=1S/C23H30N4O/c1-2-3-4-5-6-7-12-17-27-21-15-9-8-13-19(21)26-22(27)18-25-23(28)20-14-10-11-16-24-20/h8-11,13-16H,2-7,12,17-18H2,1H3,(H,25,28). The van der Waals surface area contributed by atoms with Gasteiger partial charge in [0, 0.05) is 12.7 Å². The summed E-state index contributed by atoms with van der Waals surface area (Å²) in [6, 6.07) is 13.5. The Balaban J connectivity index is 1.61. The molecular weight excluding hydrogens is 348 g/mol. The van der Waals surface area contributed by atoms with E-state index in [2.05, 4.69) is 27.9 Å². The summed E-state index contributed by atoms with van der Waals surface area (Å²) in [6.45, 7) is 3.59. The maximum atomic E-state index is 12.3. The van der Waals surface area contributed by atoms with E-state index in [1.165, 1.54) is 38.5 Å². The molecule has 1 aromatic carbocycles. The number of carbonyl (C=O) groups is 1. The first kappa shape index (κ1) is 20.1. The van der Waals surface area contributed by atoms with Crippen molar-refractivity contribution in [3.8, 4) is 0 Å². The summed E-state index contributed by atoms with van der Waals surface area (Å²) in [7, 11) is 0. The van der Waals surface area contributed by atoms with Crippen LogP contribution in [0.4, 0.5) is 0 Å². The molecule has 0 radical (unpaired) electrons. The largest absolute Gasteiger partial charge is 0.343 e. The van der Waals surface area contributed by atoms with Crippen LogP contribution in [0.3, 0.4) is 0 Å². The molecular formula is C23H30N4O. The molecule has 3 aromatic rings. The SMILES string of the molecule is CCCCCCCCCn1c(CNC(=O)c2ccccn2)nc2ccccc21. The Hall–Kier alpha value is -2.69. The highest BCUT2D eigenvalue weighted by atomic mass is 16.1. The molecule has 1 N–H and O–H groups in total. The van der Waals surface area contributed by atoms with E-state index < -0.39 is 0 Å². The minimum absolute atomic E-state index is 0.171. The minimum Gasteiger partial charge on any atom is -0.343 e. The molecule has 2 aromatic heterocycles. The summed E-state index contributed by atoms with van der Waals surface area (Å²) in [6.07, 6.45) is 10.6. The van der Waals surface area contributed by atoms with Crippen LogP contribution in [0.2, 0.25) is 0 Å².